The highest BCUT2D eigenvalue weighted by atomic mass is 79.9. The van der Waals surface area contributed by atoms with Crippen LogP contribution in [0.15, 0.2) is 35.6 Å². The summed E-state index contributed by atoms with van der Waals surface area (Å²) >= 11 is 3.37. The number of anilines is 2. The van der Waals surface area contributed by atoms with Gasteiger partial charge in [0.05, 0.1) is 4.47 Å². The van der Waals surface area contributed by atoms with Crippen LogP contribution in [-0.4, -0.2) is 55.7 Å². The number of nitrogens with zero attached hydrogens (tertiary/aromatic N) is 8. The zero-order valence-electron chi connectivity index (χ0n) is 12.4. The SMILES string of the molecule is Brc1cnc(N2CCCN(c3nccn4cnnc34)CC2)nc1. The second-order valence-corrected chi connectivity index (χ2v) is 6.26. The molecule has 0 bridgehead atoms. The van der Waals surface area contributed by atoms with Crippen LogP contribution >= 0.6 is 15.9 Å². The molecule has 0 atom stereocenters. The molecule has 0 N–H and O–H groups in total. The van der Waals surface area contributed by atoms with E-state index < -0.39 is 0 Å². The maximum absolute atomic E-state index is 4.50. The molecule has 1 aliphatic heterocycles. The summed E-state index contributed by atoms with van der Waals surface area (Å²) in [5, 5.41) is 8.14. The van der Waals surface area contributed by atoms with Crippen LogP contribution in [0.2, 0.25) is 0 Å². The monoisotopic (exact) mass is 374 g/mol. The number of hydrogen-bond acceptors (Lipinski definition) is 7. The molecule has 8 nitrogen and oxygen atoms in total. The van der Waals surface area contributed by atoms with E-state index in [2.05, 4.69) is 50.9 Å². The summed E-state index contributed by atoms with van der Waals surface area (Å²) in [4.78, 5) is 17.7. The van der Waals surface area contributed by atoms with Crippen LogP contribution in [0.25, 0.3) is 5.65 Å². The van der Waals surface area contributed by atoms with E-state index in [0.29, 0.717) is 0 Å². The molecule has 0 radical (unpaired) electrons. The van der Waals surface area contributed by atoms with Crippen molar-refractivity contribution in [2.45, 2.75) is 6.42 Å². The summed E-state index contributed by atoms with van der Waals surface area (Å²) in [6.45, 7) is 3.54. The first-order valence-electron chi connectivity index (χ1n) is 7.43. The van der Waals surface area contributed by atoms with Gasteiger partial charge in [-0.15, -0.1) is 10.2 Å². The van der Waals surface area contributed by atoms with E-state index in [0.717, 1.165) is 54.5 Å². The van der Waals surface area contributed by atoms with Crippen molar-refractivity contribution in [3.63, 3.8) is 0 Å². The van der Waals surface area contributed by atoms with E-state index >= 15 is 0 Å². The predicted molar refractivity (Wildman–Crippen MR) is 89.6 cm³/mol. The Hall–Kier alpha value is -2.29. The lowest BCUT2D eigenvalue weighted by atomic mass is 10.4. The van der Waals surface area contributed by atoms with Gasteiger partial charge in [0, 0.05) is 51.0 Å². The van der Waals surface area contributed by atoms with E-state index in [1.165, 1.54) is 0 Å². The lowest BCUT2D eigenvalue weighted by Gasteiger charge is -2.22. The Labute approximate surface area is 141 Å². The molecule has 0 spiro atoms. The van der Waals surface area contributed by atoms with Crippen molar-refractivity contribution < 1.29 is 0 Å². The maximum Gasteiger partial charge on any atom is 0.225 e. The first-order valence-corrected chi connectivity index (χ1v) is 8.22. The third kappa shape index (κ3) is 2.83. The summed E-state index contributed by atoms with van der Waals surface area (Å²) < 4.78 is 2.78. The Morgan fingerprint density at radius 3 is 2.61 bits per heavy atom. The minimum Gasteiger partial charge on any atom is -0.352 e. The minimum atomic E-state index is 0.767. The molecule has 3 aromatic heterocycles. The lowest BCUT2D eigenvalue weighted by Crippen LogP contribution is -2.32. The highest BCUT2D eigenvalue weighted by Crippen LogP contribution is 2.19. The summed E-state index contributed by atoms with van der Waals surface area (Å²) in [6, 6.07) is 0. The maximum atomic E-state index is 4.50. The highest BCUT2D eigenvalue weighted by Gasteiger charge is 2.20. The van der Waals surface area contributed by atoms with Crippen molar-refractivity contribution in [1.82, 2.24) is 29.5 Å². The molecule has 9 heteroatoms. The normalized spacial score (nSPS) is 15.9. The summed E-state index contributed by atoms with van der Waals surface area (Å²) in [6.07, 6.45) is 9.91. The molecule has 0 amide bonds. The molecule has 1 fully saturated rings. The smallest absolute Gasteiger partial charge is 0.225 e. The zero-order chi connectivity index (χ0) is 15.6. The van der Waals surface area contributed by atoms with Crippen molar-refractivity contribution in [2.24, 2.45) is 0 Å². The molecular formula is C14H15BrN8. The van der Waals surface area contributed by atoms with Gasteiger partial charge in [0.15, 0.2) is 5.82 Å². The molecule has 0 aliphatic carbocycles. The van der Waals surface area contributed by atoms with Crippen molar-refractivity contribution in [3.8, 4) is 0 Å². The number of halogens is 1. The number of hydrogen-bond donors (Lipinski definition) is 0. The third-order valence-electron chi connectivity index (χ3n) is 3.88. The summed E-state index contributed by atoms with van der Waals surface area (Å²) in [5.74, 6) is 1.65. The van der Waals surface area contributed by atoms with E-state index in [1.54, 1.807) is 24.9 Å². The van der Waals surface area contributed by atoms with Gasteiger partial charge >= 0.3 is 0 Å². The second-order valence-electron chi connectivity index (χ2n) is 5.34. The van der Waals surface area contributed by atoms with Crippen LogP contribution in [-0.2, 0) is 0 Å². The topological polar surface area (TPSA) is 75.3 Å². The number of fused-ring (bicyclic) bond motifs is 1. The number of aromatic nitrogens is 6. The van der Waals surface area contributed by atoms with Gasteiger partial charge in [-0.05, 0) is 22.4 Å². The van der Waals surface area contributed by atoms with Crippen molar-refractivity contribution in [3.05, 3.63) is 35.6 Å². The van der Waals surface area contributed by atoms with Crippen molar-refractivity contribution >= 4 is 33.3 Å². The van der Waals surface area contributed by atoms with Crippen LogP contribution in [0.1, 0.15) is 6.42 Å². The zero-order valence-corrected chi connectivity index (χ0v) is 14.0. The highest BCUT2D eigenvalue weighted by molar-refractivity contribution is 9.10. The lowest BCUT2D eigenvalue weighted by molar-refractivity contribution is 0.781. The Bertz CT molecular complexity index is 802. The van der Waals surface area contributed by atoms with Gasteiger partial charge in [-0.1, -0.05) is 0 Å². The van der Waals surface area contributed by atoms with Gasteiger partial charge in [-0.2, -0.15) is 0 Å². The number of rotatable bonds is 2. The fourth-order valence-electron chi connectivity index (χ4n) is 2.77. The van der Waals surface area contributed by atoms with E-state index in [4.69, 9.17) is 0 Å². The van der Waals surface area contributed by atoms with Crippen LogP contribution in [0.4, 0.5) is 11.8 Å². The van der Waals surface area contributed by atoms with Gasteiger partial charge < -0.3 is 9.80 Å². The van der Waals surface area contributed by atoms with Crippen molar-refractivity contribution in [1.29, 1.82) is 0 Å². The van der Waals surface area contributed by atoms with Crippen LogP contribution in [0, 0.1) is 0 Å². The Balaban J connectivity index is 1.55. The Morgan fingerprint density at radius 2 is 1.74 bits per heavy atom. The van der Waals surface area contributed by atoms with Crippen LogP contribution in [0.5, 0.6) is 0 Å². The van der Waals surface area contributed by atoms with E-state index in [9.17, 15) is 0 Å². The molecule has 0 saturated carbocycles. The first kappa shape index (κ1) is 14.3. The first-order chi connectivity index (χ1) is 11.3. The van der Waals surface area contributed by atoms with Crippen LogP contribution < -0.4 is 9.80 Å². The molecule has 1 saturated heterocycles. The summed E-state index contributed by atoms with van der Waals surface area (Å²) in [7, 11) is 0. The van der Waals surface area contributed by atoms with Crippen molar-refractivity contribution in [2.75, 3.05) is 36.0 Å². The molecule has 23 heavy (non-hydrogen) atoms. The molecular weight excluding hydrogens is 360 g/mol. The predicted octanol–water partition coefficient (Wildman–Crippen LogP) is 1.39. The fourth-order valence-corrected chi connectivity index (χ4v) is 2.97. The van der Waals surface area contributed by atoms with Gasteiger partial charge in [0.25, 0.3) is 0 Å². The molecule has 0 aromatic carbocycles. The fraction of sp³-hybridized carbons (Fsp3) is 0.357. The Morgan fingerprint density at radius 1 is 0.957 bits per heavy atom. The van der Waals surface area contributed by atoms with Gasteiger partial charge in [-0.3, -0.25) is 4.40 Å². The Kier molecular flexibility index (Phi) is 3.78. The third-order valence-corrected chi connectivity index (χ3v) is 4.29. The van der Waals surface area contributed by atoms with Gasteiger partial charge in [-0.25, -0.2) is 15.0 Å². The molecule has 1 aliphatic rings. The quantitative estimate of drug-likeness (QED) is 0.670. The molecule has 4 rings (SSSR count). The minimum absolute atomic E-state index is 0.767. The van der Waals surface area contributed by atoms with Gasteiger partial charge in [0.2, 0.25) is 11.6 Å². The van der Waals surface area contributed by atoms with Crippen LogP contribution in [0.3, 0.4) is 0 Å². The van der Waals surface area contributed by atoms with E-state index in [1.807, 2.05) is 10.6 Å². The van der Waals surface area contributed by atoms with E-state index in [-0.39, 0.29) is 0 Å². The average Bonchev–Trinajstić information content (AvgIpc) is 2.93. The summed E-state index contributed by atoms with van der Waals surface area (Å²) in [5.41, 5.74) is 0.792. The largest absolute Gasteiger partial charge is 0.352 e. The van der Waals surface area contributed by atoms with Gasteiger partial charge in [0.1, 0.15) is 6.33 Å². The molecule has 118 valence electrons. The molecule has 4 heterocycles. The standard InChI is InChI=1S/C14H15BrN8/c15-11-8-17-14(18-9-11)22-4-1-3-21(6-7-22)12-13-20-19-10-23(13)5-2-16-12/h2,5,8-10H,1,3-4,6-7H2. The second kappa shape index (κ2) is 6.07. The molecule has 3 aromatic rings. The average molecular weight is 375 g/mol. The molecule has 0 unspecified atom stereocenters.